The summed E-state index contributed by atoms with van der Waals surface area (Å²) in [6, 6.07) is 13.0. The van der Waals surface area contributed by atoms with Gasteiger partial charge in [0.2, 0.25) is 5.91 Å². The molecule has 1 fully saturated rings. The van der Waals surface area contributed by atoms with E-state index in [1.165, 1.54) is 0 Å². The molecule has 0 aliphatic carbocycles. The van der Waals surface area contributed by atoms with Crippen LogP contribution in [-0.2, 0) is 9.59 Å². The maximum atomic E-state index is 12.8. The highest BCUT2D eigenvalue weighted by atomic mass is 19.4. The number of carbonyl (C=O) groups excluding carboxylic acids is 1. The lowest BCUT2D eigenvalue weighted by atomic mass is 10.1. The van der Waals surface area contributed by atoms with E-state index in [1.54, 1.807) is 13.3 Å². The summed E-state index contributed by atoms with van der Waals surface area (Å²) in [7, 11) is 1.61. The van der Waals surface area contributed by atoms with Crippen molar-refractivity contribution < 1.29 is 32.6 Å². The highest BCUT2D eigenvalue weighted by molar-refractivity contribution is 5.84. The minimum Gasteiger partial charge on any atom is -0.497 e. The minimum atomic E-state index is -5.08. The standard InChI is InChI=1S/C20H23N5O2.C2HF3O2/c1-27-17-5-2-13(3-6-17)19(21)20(26)25-9-8-16(12-25)23-15-4-7-18-14(10-15)11-22-24-18;3-2(4,5)1(6)7/h2-7,10-11,16,19,23H,8-9,12,21H2,1H3,(H,22,24);(H,6,7). The third kappa shape index (κ3) is 6.16. The zero-order valence-corrected chi connectivity index (χ0v) is 18.2. The number of H-pyrrole nitrogens is 1. The number of aliphatic carboxylic acids is 1. The summed E-state index contributed by atoms with van der Waals surface area (Å²) in [6.07, 6.45) is -2.39. The first-order valence-corrected chi connectivity index (χ1v) is 10.3. The van der Waals surface area contributed by atoms with Gasteiger partial charge in [0.05, 0.1) is 18.8 Å². The molecule has 5 N–H and O–H groups in total. The summed E-state index contributed by atoms with van der Waals surface area (Å²) >= 11 is 0. The normalized spacial score (nSPS) is 16.5. The number of hydrogen-bond donors (Lipinski definition) is 4. The molecule has 12 heteroatoms. The van der Waals surface area contributed by atoms with E-state index in [4.69, 9.17) is 20.4 Å². The highest BCUT2D eigenvalue weighted by Gasteiger charge is 2.38. The number of nitrogens with zero attached hydrogens (tertiary/aromatic N) is 2. The maximum Gasteiger partial charge on any atom is 0.490 e. The SMILES string of the molecule is COc1ccc(C(N)C(=O)N2CCC(Nc3ccc4[nH]ncc4c3)C2)cc1.O=C(O)C(F)(F)F. The Morgan fingerprint density at radius 2 is 1.94 bits per heavy atom. The molecule has 1 aliphatic rings. The van der Waals surface area contributed by atoms with Crippen LogP contribution in [-0.4, -0.2) is 64.5 Å². The third-order valence-electron chi connectivity index (χ3n) is 5.29. The van der Waals surface area contributed by atoms with Crippen LogP contribution in [0.2, 0.25) is 0 Å². The van der Waals surface area contributed by atoms with Crippen LogP contribution in [0.5, 0.6) is 5.75 Å². The molecule has 9 nitrogen and oxygen atoms in total. The van der Waals surface area contributed by atoms with Crippen molar-refractivity contribution in [2.24, 2.45) is 5.73 Å². The van der Waals surface area contributed by atoms with Crippen LogP contribution < -0.4 is 15.8 Å². The van der Waals surface area contributed by atoms with E-state index in [1.807, 2.05) is 41.3 Å². The van der Waals surface area contributed by atoms with Crippen LogP contribution in [0.4, 0.5) is 18.9 Å². The van der Waals surface area contributed by atoms with Gasteiger partial charge in [-0.2, -0.15) is 18.3 Å². The first-order chi connectivity index (χ1) is 16.1. The number of methoxy groups -OCH3 is 1. The number of rotatable bonds is 5. The van der Waals surface area contributed by atoms with E-state index in [2.05, 4.69) is 21.6 Å². The number of nitrogens with two attached hydrogens (primary N) is 1. The molecule has 2 aromatic carbocycles. The van der Waals surface area contributed by atoms with E-state index < -0.39 is 18.2 Å². The second-order valence-corrected chi connectivity index (χ2v) is 7.64. The number of anilines is 1. The Balaban J connectivity index is 0.000000406. The summed E-state index contributed by atoms with van der Waals surface area (Å²) in [5, 5.41) is 18.7. The average molecular weight is 479 g/mol. The number of alkyl halides is 3. The summed E-state index contributed by atoms with van der Waals surface area (Å²) < 4.78 is 36.9. The van der Waals surface area contributed by atoms with Crippen LogP contribution in [0, 0.1) is 0 Å². The number of carboxylic acids is 1. The molecule has 0 saturated carbocycles. The van der Waals surface area contributed by atoms with Gasteiger partial charge in [-0.05, 0) is 42.3 Å². The Bertz CT molecular complexity index is 1130. The predicted molar refractivity (Wildman–Crippen MR) is 118 cm³/mol. The summed E-state index contributed by atoms with van der Waals surface area (Å²) in [4.78, 5) is 23.5. The molecule has 2 atom stereocenters. The fourth-order valence-electron chi connectivity index (χ4n) is 3.50. The van der Waals surface area contributed by atoms with E-state index in [0.29, 0.717) is 13.1 Å². The van der Waals surface area contributed by atoms with Gasteiger partial charge < -0.3 is 25.8 Å². The van der Waals surface area contributed by atoms with Gasteiger partial charge in [-0.25, -0.2) is 4.79 Å². The Morgan fingerprint density at radius 3 is 2.56 bits per heavy atom. The van der Waals surface area contributed by atoms with Crippen molar-refractivity contribution in [2.45, 2.75) is 24.7 Å². The monoisotopic (exact) mass is 479 g/mol. The van der Waals surface area contributed by atoms with E-state index in [0.717, 1.165) is 34.3 Å². The molecular formula is C22H24F3N5O4. The summed E-state index contributed by atoms with van der Waals surface area (Å²) in [5.74, 6) is -2.05. The number of aromatic amines is 1. The van der Waals surface area contributed by atoms with Gasteiger partial charge in [-0.3, -0.25) is 9.89 Å². The van der Waals surface area contributed by atoms with Gasteiger partial charge in [0.25, 0.3) is 0 Å². The van der Waals surface area contributed by atoms with Crippen LogP contribution in [0.3, 0.4) is 0 Å². The molecule has 34 heavy (non-hydrogen) atoms. The first kappa shape index (κ1) is 24.8. The zero-order chi connectivity index (χ0) is 24.9. The predicted octanol–water partition coefficient (Wildman–Crippen LogP) is 2.92. The number of amides is 1. The number of nitrogens with one attached hydrogen (secondary N) is 2. The van der Waals surface area contributed by atoms with Crippen LogP contribution in [0.15, 0.2) is 48.7 Å². The Labute approximate surface area is 192 Å². The Hall–Kier alpha value is -3.80. The molecule has 1 amide bonds. The number of aromatic nitrogens is 2. The molecule has 0 bridgehead atoms. The third-order valence-corrected chi connectivity index (χ3v) is 5.29. The van der Waals surface area contributed by atoms with Crippen LogP contribution >= 0.6 is 0 Å². The fourth-order valence-corrected chi connectivity index (χ4v) is 3.50. The van der Waals surface area contributed by atoms with E-state index in [9.17, 15) is 18.0 Å². The van der Waals surface area contributed by atoms with Crippen molar-refractivity contribution in [1.82, 2.24) is 15.1 Å². The molecular weight excluding hydrogens is 455 g/mol. The molecule has 182 valence electrons. The van der Waals surface area contributed by atoms with Gasteiger partial charge >= 0.3 is 12.1 Å². The second-order valence-electron chi connectivity index (χ2n) is 7.64. The molecule has 1 aliphatic heterocycles. The minimum absolute atomic E-state index is 0.0465. The van der Waals surface area contributed by atoms with Crippen LogP contribution in [0.25, 0.3) is 10.9 Å². The largest absolute Gasteiger partial charge is 0.497 e. The van der Waals surface area contributed by atoms with Gasteiger partial charge in [0, 0.05) is 30.2 Å². The highest BCUT2D eigenvalue weighted by Crippen LogP contribution is 2.23. The second kappa shape index (κ2) is 10.4. The molecule has 0 spiro atoms. The lowest BCUT2D eigenvalue weighted by molar-refractivity contribution is -0.192. The number of benzene rings is 2. The number of halogens is 3. The number of carbonyl (C=O) groups is 2. The van der Waals surface area contributed by atoms with Crippen LogP contribution in [0.1, 0.15) is 18.0 Å². The van der Waals surface area contributed by atoms with Gasteiger partial charge in [0.15, 0.2) is 0 Å². The molecule has 2 unspecified atom stereocenters. The molecule has 1 saturated heterocycles. The van der Waals surface area contributed by atoms with E-state index in [-0.39, 0.29) is 11.9 Å². The number of hydrogen-bond acceptors (Lipinski definition) is 6. The quantitative estimate of drug-likeness (QED) is 0.442. The smallest absolute Gasteiger partial charge is 0.490 e. The lowest BCUT2D eigenvalue weighted by Crippen LogP contribution is -2.38. The van der Waals surface area contributed by atoms with Gasteiger partial charge in [0.1, 0.15) is 11.8 Å². The Kier molecular flexibility index (Phi) is 7.61. The molecule has 2 heterocycles. The van der Waals surface area contributed by atoms with Crippen molar-refractivity contribution >= 4 is 28.5 Å². The molecule has 0 radical (unpaired) electrons. The van der Waals surface area contributed by atoms with Crippen molar-refractivity contribution in [3.63, 3.8) is 0 Å². The molecule has 1 aromatic heterocycles. The number of fused-ring (bicyclic) bond motifs is 1. The topological polar surface area (TPSA) is 134 Å². The number of ether oxygens (including phenoxy) is 1. The van der Waals surface area contributed by atoms with Crippen molar-refractivity contribution in [3.8, 4) is 5.75 Å². The fraction of sp³-hybridized carbons (Fsp3) is 0.318. The van der Waals surface area contributed by atoms with Crippen molar-refractivity contribution in [2.75, 3.05) is 25.5 Å². The first-order valence-electron chi connectivity index (χ1n) is 10.3. The van der Waals surface area contributed by atoms with E-state index >= 15 is 0 Å². The zero-order valence-electron chi connectivity index (χ0n) is 18.2. The number of carboxylic acid groups (broad SMARTS) is 1. The number of likely N-dealkylation sites (tertiary alicyclic amines) is 1. The summed E-state index contributed by atoms with van der Waals surface area (Å²) in [5.41, 5.74) is 9.03. The van der Waals surface area contributed by atoms with Gasteiger partial charge in [-0.15, -0.1) is 0 Å². The molecule has 4 rings (SSSR count). The maximum absolute atomic E-state index is 12.8. The average Bonchev–Trinajstić information content (AvgIpc) is 3.47. The molecule has 3 aromatic rings. The Morgan fingerprint density at radius 1 is 1.26 bits per heavy atom. The van der Waals surface area contributed by atoms with Gasteiger partial charge in [-0.1, -0.05) is 12.1 Å². The van der Waals surface area contributed by atoms with Crippen molar-refractivity contribution in [3.05, 3.63) is 54.2 Å². The summed E-state index contributed by atoms with van der Waals surface area (Å²) in [6.45, 7) is 1.35. The lowest BCUT2D eigenvalue weighted by Gasteiger charge is -2.22. The van der Waals surface area contributed by atoms with Crippen molar-refractivity contribution in [1.29, 1.82) is 0 Å².